The quantitative estimate of drug-likeness (QED) is 0.388. The zero-order chi connectivity index (χ0) is 6.69. The molecule has 3 nitrogen and oxygen atoms in total. The van der Waals surface area contributed by atoms with Gasteiger partial charge in [-0.25, -0.2) is 4.79 Å². The van der Waals surface area contributed by atoms with E-state index in [0.717, 1.165) is 18.7 Å². The Kier molecular flexibility index (Phi) is 1.85. The highest BCUT2D eigenvalue weighted by Gasteiger charge is 2.08. The van der Waals surface area contributed by atoms with E-state index in [1.807, 2.05) is 0 Å². The maximum atomic E-state index is 10.5. The fourth-order valence-corrected chi connectivity index (χ4v) is 0.597. The number of carbonyl (C=O) groups is 1. The van der Waals surface area contributed by atoms with Crippen molar-refractivity contribution in [2.75, 3.05) is 20.2 Å². The molecule has 1 fully saturated rings. The molecule has 0 unspecified atom stereocenters. The monoisotopic (exact) mass is 127 g/mol. The van der Waals surface area contributed by atoms with E-state index in [-0.39, 0.29) is 5.97 Å². The zero-order valence-electron chi connectivity index (χ0n) is 5.31. The summed E-state index contributed by atoms with van der Waals surface area (Å²) >= 11 is 0. The van der Waals surface area contributed by atoms with Gasteiger partial charge in [-0.1, -0.05) is 0 Å². The van der Waals surface area contributed by atoms with Crippen LogP contribution in [-0.2, 0) is 9.53 Å². The van der Waals surface area contributed by atoms with E-state index in [4.69, 9.17) is 0 Å². The van der Waals surface area contributed by atoms with E-state index < -0.39 is 0 Å². The summed E-state index contributed by atoms with van der Waals surface area (Å²) in [6.45, 7) is 1.66. The molecule has 1 aliphatic rings. The second kappa shape index (κ2) is 2.64. The van der Waals surface area contributed by atoms with Crippen molar-refractivity contribution >= 4 is 5.97 Å². The van der Waals surface area contributed by atoms with Crippen LogP contribution in [0.1, 0.15) is 0 Å². The first-order valence-corrected chi connectivity index (χ1v) is 2.81. The number of ether oxygens (including phenoxy) is 1. The molecule has 1 aliphatic heterocycles. The first-order chi connectivity index (χ1) is 4.33. The maximum Gasteiger partial charge on any atom is 0.330 e. The van der Waals surface area contributed by atoms with Gasteiger partial charge in [0.25, 0.3) is 0 Å². The summed E-state index contributed by atoms with van der Waals surface area (Å²) in [5.74, 6) is -0.258. The SMILES string of the molecule is COC(=O)C=C1CNC1. The van der Waals surface area contributed by atoms with E-state index in [0.29, 0.717) is 0 Å². The van der Waals surface area contributed by atoms with Crippen LogP contribution >= 0.6 is 0 Å². The third-order valence-corrected chi connectivity index (χ3v) is 1.23. The summed E-state index contributed by atoms with van der Waals surface area (Å²) in [7, 11) is 1.38. The molecule has 9 heavy (non-hydrogen) atoms. The van der Waals surface area contributed by atoms with Crippen LogP contribution in [0.4, 0.5) is 0 Å². The van der Waals surface area contributed by atoms with Gasteiger partial charge in [-0.3, -0.25) is 0 Å². The Labute approximate surface area is 53.7 Å². The normalized spacial score (nSPS) is 16.3. The molecule has 1 N–H and O–H groups in total. The van der Waals surface area contributed by atoms with E-state index in [1.165, 1.54) is 13.2 Å². The summed E-state index contributed by atoms with van der Waals surface area (Å²) in [5.41, 5.74) is 1.11. The largest absolute Gasteiger partial charge is 0.466 e. The van der Waals surface area contributed by atoms with Crippen LogP contribution in [0.5, 0.6) is 0 Å². The van der Waals surface area contributed by atoms with Crippen LogP contribution in [0.25, 0.3) is 0 Å². The van der Waals surface area contributed by atoms with Gasteiger partial charge >= 0.3 is 5.97 Å². The van der Waals surface area contributed by atoms with E-state index >= 15 is 0 Å². The van der Waals surface area contributed by atoms with E-state index in [9.17, 15) is 4.79 Å². The molecule has 0 aromatic rings. The fourth-order valence-electron chi connectivity index (χ4n) is 0.597. The van der Waals surface area contributed by atoms with Crippen LogP contribution in [0.2, 0.25) is 0 Å². The standard InChI is InChI=1S/C6H9NO2/c1-9-6(8)2-5-3-7-4-5/h2,7H,3-4H2,1H3. The second-order valence-electron chi connectivity index (χ2n) is 1.93. The van der Waals surface area contributed by atoms with E-state index in [2.05, 4.69) is 10.1 Å². The number of methoxy groups -OCH3 is 1. The lowest BCUT2D eigenvalue weighted by molar-refractivity contribution is -0.134. The lowest BCUT2D eigenvalue weighted by Gasteiger charge is -2.17. The first-order valence-electron chi connectivity index (χ1n) is 2.81. The van der Waals surface area contributed by atoms with Crippen LogP contribution in [0, 0.1) is 0 Å². The van der Waals surface area contributed by atoms with Gasteiger partial charge < -0.3 is 10.1 Å². The van der Waals surface area contributed by atoms with Crippen molar-refractivity contribution in [2.24, 2.45) is 0 Å². The highest BCUT2D eigenvalue weighted by molar-refractivity contribution is 5.83. The van der Waals surface area contributed by atoms with Crippen molar-refractivity contribution < 1.29 is 9.53 Å². The summed E-state index contributed by atoms with van der Waals surface area (Å²) in [6.07, 6.45) is 1.52. The number of rotatable bonds is 1. The minimum absolute atomic E-state index is 0.258. The van der Waals surface area contributed by atoms with Crippen molar-refractivity contribution in [1.29, 1.82) is 0 Å². The first kappa shape index (κ1) is 6.29. The summed E-state index contributed by atoms with van der Waals surface area (Å²) < 4.78 is 4.41. The predicted molar refractivity (Wildman–Crippen MR) is 33.0 cm³/mol. The molecular formula is C6H9NO2. The average Bonchev–Trinajstić information content (AvgIpc) is 1.78. The Bertz CT molecular complexity index is 145. The van der Waals surface area contributed by atoms with Crippen LogP contribution in [0.3, 0.4) is 0 Å². The molecule has 1 rings (SSSR count). The molecule has 0 bridgehead atoms. The Morgan fingerprint density at radius 1 is 1.78 bits per heavy atom. The van der Waals surface area contributed by atoms with E-state index in [1.54, 1.807) is 0 Å². The summed E-state index contributed by atoms with van der Waals surface area (Å²) in [5, 5.41) is 3.01. The highest BCUT2D eigenvalue weighted by atomic mass is 16.5. The van der Waals surface area contributed by atoms with Crippen molar-refractivity contribution in [3.63, 3.8) is 0 Å². The Balaban J connectivity index is 2.37. The number of hydrogen-bond acceptors (Lipinski definition) is 3. The molecule has 1 heterocycles. The Hall–Kier alpha value is -0.830. The zero-order valence-corrected chi connectivity index (χ0v) is 5.31. The highest BCUT2D eigenvalue weighted by Crippen LogP contribution is 1.99. The number of esters is 1. The number of carbonyl (C=O) groups excluding carboxylic acids is 1. The Morgan fingerprint density at radius 3 is 2.78 bits per heavy atom. The van der Waals surface area contributed by atoms with Gasteiger partial charge in [-0.15, -0.1) is 0 Å². The van der Waals surface area contributed by atoms with Crippen LogP contribution in [-0.4, -0.2) is 26.2 Å². The van der Waals surface area contributed by atoms with Gasteiger partial charge in [0, 0.05) is 19.2 Å². The topological polar surface area (TPSA) is 38.3 Å². The third kappa shape index (κ3) is 1.54. The lowest BCUT2D eigenvalue weighted by atomic mass is 10.1. The molecule has 0 amide bonds. The summed E-state index contributed by atoms with van der Waals surface area (Å²) in [6, 6.07) is 0. The molecule has 1 saturated heterocycles. The predicted octanol–water partition coefficient (Wildman–Crippen LogP) is -0.311. The molecule has 0 aliphatic carbocycles. The fraction of sp³-hybridized carbons (Fsp3) is 0.500. The third-order valence-electron chi connectivity index (χ3n) is 1.23. The second-order valence-corrected chi connectivity index (χ2v) is 1.93. The van der Waals surface area contributed by atoms with Crippen LogP contribution in [0.15, 0.2) is 11.6 Å². The number of nitrogens with one attached hydrogen (secondary N) is 1. The molecule has 0 atom stereocenters. The van der Waals surface area contributed by atoms with Crippen molar-refractivity contribution in [2.45, 2.75) is 0 Å². The molecule has 0 saturated carbocycles. The summed E-state index contributed by atoms with van der Waals surface area (Å²) in [4.78, 5) is 10.5. The molecule has 0 radical (unpaired) electrons. The smallest absolute Gasteiger partial charge is 0.330 e. The van der Waals surface area contributed by atoms with Gasteiger partial charge in [-0.2, -0.15) is 0 Å². The average molecular weight is 127 g/mol. The van der Waals surface area contributed by atoms with Gasteiger partial charge in [-0.05, 0) is 5.57 Å². The van der Waals surface area contributed by atoms with Crippen molar-refractivity contribution in [3.05, 3.63) is 11.6 Å². The molecule has 0 spiro atoms. The minimum Gasteiger partial charge on any atom is -0.466 e. The molecule has 50 valence electrons. The molecule has 0 aromatic carbocycles. The van der Waals surface area contributed by atoms with Crippen LogP contribution < -0.4 is 5.32 Å². The molecule has 0 aromatic heterocycles. The number of hydrogen-bond donors (Lipinski definition) is 1. The minimum atomic E-state index is -0.258. The lowest BCUT2D eigenvalue weighted by Crippen LogP contribution is -2.34. The molecule has 3 heteroatoms. The maximum absolute atomic E-state index is 10.5. The molecular weight excluding hydrogens is 118 g/mol. The van der Waals surface area contributed by atoms with Crippen molar-refractivity contribution in [1.82, 2.24) is 5.32 Å². The van der Waals surface area contributed by atoms with Gasteiger partial charge in [0.05, 0.1) is 7.11 Å². The van der Waals surface area contributed by atoms with Crippen molar-refractivity contribution in [3.8, 4) is 0 Å². The van der Waals surface area contributed by atoms with Gasteiger partial charge in [0.2, 0.25) is 0 Å². The Morgan fingerprint density at radius 2 is 2.44 bits per heavy atom. The van der Waals surface area contributed by atoms with Gasteiger partial charge in [0.15, 0.2) is 0 Å². The van der Waals surface area contributed by atoms with Gasteiger partial charge in [0.1, 0.15) is 0 Å².